The fourth-order valence-corrected chi connectivity index (χ4v) is 2.97. The second-order valence-corrected chi connectivity index (χ2v) is 6.38. The Morgan fingerprint density at radius 2 is 2.04 bits per heavy atom. The molecule has 2 rings (SSSR count). The van der Waals surface area contributed by atoms with Crippen LogP contribution in [0.1, 0.15) is 56.8 Å². The monoisotopic (exact) mass is 321 g/mol. The Hall–Kier alpha value is -1.85. The summed E-state index contributed by atoms with van der Waals surface area (Å²) in [7, 11) is 0. The lowest BCUT2D eigenvalue weighted by Gasteiger charge is -2.24. The molecule has 128 valence electrons. The molecule has 1 fully saturated rings. The van der Waals surface area contributed by atoms with Crippen molar-refractivity contribution >= 4 is 11.9 Å². The standard InChI is InChI=1S/C17H27N3O3/c1-12-11-13(2)20(19-12)10-9-16(21)23-14(3)17(22)18-15-7-5-4-6-8-15/h11,14-15H,4-10H2,1-3H3,(H,18,22). The molecule has 1 saturated carbocycles. The molecule has 0 spiro atoms. The highest BCUT2D eigenvalue weighted by atomic mass is 16.5. The Labute approximate surface area is 137 Å². The average molecular weight is 321 g/mol. The Morgan fingerprint density at radius 1 is 1.35 bits per heavy atom. The quantitative estimate of drug-likeness (QED) is 0.816. The van der Waals surface area contributed by atoms with Crippen molar-refractivity contribution in [3.05, 3.63) is 17.5 Å². The summed E-state index contributed by atoms with van der Waals surface area (Å²) in [4.78, 5) is 24.0. The number of rotatable bonds is 6. The van der Waals surface area contributed by atoms with Crippen molar-refractivity contribution in [2.45, 2.75) is 78.0 Å². The van der Waals surface area contributed by atoms with Gasteiger partial charge in [-0.3, -0.25) is 14.3 Å². The molecular weight excluding hydrogens is 294 g/mol. The fourth-order valence-electron chi connectivity index (χ4n) is 2.97. The molecule has 6 heteroatoms. The number of carbonyl (C=O) groups is 2. The predicted octanol–water partition coefficient (Wildman–Crippen LogP) is 2.27. The van der Waals surface area contributed by atoms with Gasteiger partial charge in [0.1, 0.15) is 0 Å². The Balaban J connectivity index is 1.73. The average Bonchev–Trinajstić information content (AvgIpc) is 2.84. The molecule has 0 radical (unpaired) electrons. The molecule has 1 aromatic rings. The maximum atomic E-state index is 12.1. The lowest BCUT2D eigenvalue weighted by Crippen LogP contribution is -2.42. The van der Waals surface area contributed by atoms with Crippen LogP contribution in [0.5, 0.6) is 0 Å². The summed E-state index contributed by atoms with van der Waals surface area (Å²) in [5.41, 5.74) is 1.94. The number of hydrogen-bond acceptors (Lipinski definition) is 4. The van der Waals surface area contributed by atoms with Gasteiger partial charge in [0.25, 0.3) is 5.91 Å². The maximum Gasteiger partial charge on any atom is 0.308 e. The normalized spacial score (nSPS) is 16.8. The highest BCUT2D eigenvalue weighted by Gasteiger charge is 2.22. The summed E-state index contributed by atoms with van der Waals surface area (Å²) < 4.78 is 7.01. The van der Waals surface area contributed by atoms with Crippen LogP contribution in [-0.4, -0.2) is 33.8 Å². The van der Waals surface area contributed by atoms with Crippen molar-refractivity contribution < 1.29 is 14.3 Å². The molecule has 1 amide bonds. The van der Waals surface area contributed by atoms with E-state index in [-0.39, 0.29) is 24.3 Å². The number of esters is 1. The van der Waals surface area contributed by atoms with Crippen LogP contribution in [0, 0.1) is 13.8 Å². The van der Waals surface area contributed by atoms with Gasteiger partial charge in [0.05, 0.1) is 18.7 Å². The van der Waals surface area contributed by atoms with Gasteiger partial charge >= 0.3 is 5.97 Å². The topological polar surface area (TPSA) is 73.2 Å². The van der Waals surface area contributed by atoms with Crippen molar-refractivity contribution in [1.82, 2.24) is 15.1 Å². The second kappa shape index (κ2) is 8.13. The predicted molar refractivity (Wildman–Crippen MR) is 86.9 cm³/mol. The van der Waals surface area contributed by atoms with E-state index in [1.54, 1.807) is 11.6 Å². The van der Waals surface area contributed by atoms with E-state index in [0.29, 0.717) is 6.54 Å². The van der Waals surface area contributed by atoms with Gasteiger partial charge in [0, 0.05) is 11.7 Å². The van der Waals surface area contributed by atoms with Gasteiger partial charge in [-0.25, -0.2) is 0 Å². The van der Waals surface area contributed by atoms with Crippen LogP contribution in [0.2, 0.25) is 0 Å². The Kier molecular flexibility index (Phi) is 6.19. The third-order valence-electron chi connectivity index (χ3n) is 4.26. The first-order valence-corrected chi connectivity index (χ1v) is 8.46. The van der Waals surface area contributed by atoms with Crippen molar-refractivity contribution in [3.8, 4) is 0 Å². The van der Waals surface area contributed by atoms with E-state index in [0.717, 1.165) is 37.1 Å². The van der Waals surface area contributed by atoms with Crippen LogP contribution in [0.3, 0.4) is 0 Å². The smallest absolute Gasteiger partial charge is 0.308 e. The molecule has 1 unspecified atom stereocenters. The molecule has 1 atom stereocenters. The molecule has 1 aliphatic carbocycles. The molecule has 6 nitrogen and oxygen atoms in total. The number of amides is 1. The summed E-state index contributed by atoms with van der Waals surface area (Å²) in [5.74, 6) is -0.569. The second-order valence-electron chi connectivity index (χ2n) is 6.38. The molecular formula is C17H27N3O3. The molecule has 1 N–H and O–H groups in total. The molecule has 0 bridgehead atoms. The lowest BCUT2D eigenvalue weighted by atomic mass is 9.95. The number of aromatic nitrogens is 2. The van der Waals surface area contributed by atoms with Crippen LogP contribution < -0.4 is 5.32 Å². The van der Waals surface area contributed by atoms with Crippen molar-refractivity contribution in [2.75, 3.05) is 0 Å². The van der Waals surface area contributed by atoms with E-state index in [4.69, 9.17) is 4.74 Å². The molecule has 1 aliphatic rings. The highest BCUT2D eigenvalue weighted by Crippen LogP contribution is 2.17. The van der Waals surface area contributed by atoms with Gasteiger partial charge < -0.3 is 10.1 Å². The van der Waals surface area contributed by atoms with E-state index < -0.39 is 6.10 Å². The van der Waals surface area contributed by atoms with Crippen molar-refractivity contribution in [1.29, 1.82) is 0 Å². The van der Waals surface area contributed by atoms with Crippen LogP contribution in [-0.2, 0) is 20.9 Å². The minimum Gasteiger partial charge on any atom is -0.452 e. The summed E-state index contributed by atoms with van der Waals surface area (Å²) >= 11 is 0. The van der Waals surface area contributed by atoms with Gasteiger partial charge in [-0.2, -0.15) is 5.10 Å². The van der Waals surface area contributed by atoms with Crippen LogP contribution in [0.25, 0.3) is 0 Å². The van der Waals surface area contributed by atoms with E-state index in [2.05, 4.69) is 10.4 Å². The summed E-state index contributed by atoms with van der Waals surface area (Å²) in [5, 5.41) is 7.28. The van der Waals surface area contributed by atoms with Gasteiger partial charge in [-0.15, -0.1) is 0 Å². The number of nitrogens with one attached hydrogen (secondary N) is 1. The van der Waals surface area contributed by atoms with Gasteiger partial charge in [-0.05, 0) is 39.7 Å². The van der Waals surface area contributed by atoms with Gasteiger partial charge in [-0.1, -0.05) is 19.3 Å². The summed E-state index contributed by atoms with van der Waals surface area (Å²) in [6, 6.07) is 2.19. The zero-order valence-electron chi connectivity index (χ0n) is 14.3. The molecule has 1 aromatic heterocycles. The van der Waals surface area contributed by atoms with E-state index in [1.807, 2.05) is 19.9 Å². The van der Waals surface area contributed by atoms with E-state index >= 15 is 0 Å². The molecule has 0 saturated heterocycles. The molecule has 1 heterocycles. The maximum absolute atomic E-state index is 12.1. The highest BCUT2D eigenvalue weighted by molar-refractivity contribution is 5.83. The Bertz CT molecular complexity index is 547. The number of carbonyl (C=O) groups excluding carboxylic acids is 2. The van der Waals surface area contributed by atoms with Crippen LogP contribution >= 0.6 is 0 Å². The zero-order chi connectivity index (χ0) is 16.8. The number of aryl methyl sites for hydroxylation is 3. The first kappa shape index (κ1) is 17.5. The zero-order valence-corrected chi connectivity index (χ0v) is 14.3. The third-order valence-corrected chi connectivity index (χ3v) is 4.26. The minimum absolute atomic E-state index is 0.198. The van der Waals surface area contributed by atoms with Crippen LogP contribution in [0.15, 0.2) is 6.07 Å². The first-order valence-electron chi connectivity index (χ1n) is 8.46. The molecule has 0 aliphatic heterocycles. The van der Waals surface area contributed by atoms with Crippen LogP contribution in [0.4, 0.5) is 0 Å². The summed E-state index contributed by atoms with van der Waals surface area (Å²) in [6.07, 6.45) is 5.05. The Morgan fingerprint density at radius 3 is 2.65 bits per heavy atom. The number of nitrogens with zero attached hydrogens (tertiary/aromatic N) is 2. The number of ether oxygens (including phenoxy) is 1. The van der Waals surface area contributed by atoms with E-state index in [9.17, 15) is 9.59 Å². The van der Waals surface area contributed by atoms with E-state index in [1.165, 1.54) is 6.42 Å². The summed E-state index contributed by atoms with van der Waals surface area (Å²) in [6.45, 7) is 5.96. The van der Waals surface area contributed by atoms with Crippen molar-refractivity contribution in [3.63, 3.8) is 0 Å². The van der Waals surface area contributed by atoms with Gasteiger partial charge in [0.2, 0.25) is 0 Å². The first-order chi connectivity index (χ1) is 11.0. The largest absolute Gasteiger partial charge is 0.452 e. The third kappa shape index (κ3) is 5.37. The lowest BCUT2D eigenvalue weighted by molar-refractivity contribution is -0.155. The minimum atomic E-state index is -0.745. The fraction of sp³-hybridized carbons (Fsp3) is 0.706. The molecule has 0 aromatic carbocycles. The molecule has 23 heavy (non-hydrogen) atoms. The SMILES string of the molecule is Cc1cc(C)n(CCC(=O)OC(C)C(=O)NC2CCCCC2)n1. The number of hydrogen-bond donors (Lipinski definition) is 1. The van der Waals surface area contributed by atoms with Gasteiger partial charge in [0.15, 0.2) is 6.10 Å². The van der Waals surface area contributed by atoms with Crippen molar-refractivity contribution in [2.24, 2.45) is 0 Å².